The van der Waals surface area contributed by atoms with Gasteiger partial charge in [-0.3, -0.25) is 0 Å². The average Bonchev–Trinajstić information content (AvgIpc) is 3.01. The highest BCUT2D eigenvalue weighted by Gasteiger charge is 2.11. The van der Waals surface area contributed by atoms with Gasteiger partial charge in [-0.1, -0.05) is 109 Å². The van der Waals surface area contributed by atoms with Crippen LogP contribution in [0.2, 0.25) is 0 Å². The fourth-order valence-electron chi connectivity index (χ4n) is 4.36. The van der Waals surface area contributed by atoms with Crippen molar-refractivity contribution < 1.29 is 0 Å². The Morgan fingerprint density at radius 2 is 0.325 bits per heavy atom. The standard InChI is InChI=1S/2C18H15N.2ClH/c2*1-4-10-16(11-5-1)19(17-12-6-2-7-13-17)18-14-8-3-9-15-18;;/h2*1-15H;2*1H. The minimum atomic E-state index is 0. The van der Waals surface area contributed by atoms with Crippen LogP contribution in [-0.4, -0.2) is 0 Å². The minimum Gasteiger partial charge on any atom is -0.311 e. The first-order chi connectivity index (χ1) is 18.9. The van der Waals surface area contributed by atoms with Crippen LogP contribution in [-0.2, 0) is 0 Å². The molecule has 0 N–H and O–H groups in total. The predicted octanol–water partition coefficient (Wildman–Crippen LogP) is 11.2. The third-order valence-electron chi connectivity index (χ3n) is 6.09. The number of para-hydroxylation sites is 6. The predicted molar refractivity (Wildman–Crippen MR) is 177 cm³/mol. The van der Waals surface area contributed by atoms with E-state index in [1.54, 1.807) is 0 Å². The maximum atomic E-state index is 2.25. The van der Waals surface area contributed by atoms with E-state index in [4.69, 9.17) is 0 Å². The Labute approximate surface area is 250 Å². The molecule has 0 saturated heterocycles. The Hall–Kier alpha value is -4.50. The Kier molecular flexibility index (Phi) is 11.9. The summed E-state index contributed by atoms with van der Waals surface area (Å²) in [7, 11) is 0. The van der Waals surface area contributed by atoms with E-state index in [1.165, 1.54) is 34.1 Å². The van der Waals surface area contributed by atoms with Gasteiger partial charge in [-0.15, -0.1) is 24.8 Å². The Morgan fingerprint density at radius 1 is 0.200 bits per heavy atom. The van der Waals surface area contributed by atoms with Gasteiger partial charge in [-0.25, -0.2) is 0 Å². The molecule has 0 aliphatic carbocycles. The summed E-state index contributed by atoms with van der Waals surface area (Å²) in [6.45, 7) is 0. The van der Waals surface area contributed by atoms with Crippen molar-refractivity contribution in [3.05, 3.63) is 182 Å². The summed E-state index contributed by atoms with van der Waals surface area (Å²) in [6.07, 6.45) is 0. The highest BCUT2D eigenvalue weighted by Crippen LogP contribution is 2.34. The molecule has 0 heterocycles. The first-order valence-corrected chi connectivity index (χ1v) is 12.8. The van der Waals surface area contributed by atoms with Crippen LogP contribution in [0, 0.1) is 0 Å². The monoisotopic (exact) mass is 562 g/mol. The molecule has 6 aromatic carbocycles. The summed E-state index contributed by atoms with van der Waals surface area (Å²) < 4.78 is 0. The molecule has 0 aromatic heterocycles. The third-order valence-corrected chi connectivity index (χ3v) is 6.09. The first-order valence-electron chi connectivity index (χ1n) is 12.8. The van der Waals surface area contributed by atoms with Crippen LogP contribution in [0.4, 0.5) is 34.1 Å². The molecule has 0 aliphatic rings. The van der Waals surface area contributed by atoms with Crippen LogP contribution in [0.1, 0.15) is 0 Å². The van der Waals surface area contributed by atoms with Crippen LogP contribution < -0.4 is 9.80 Å². The van der Waals surface area contributed by atoms with E-state index in [0.717, 1.165) is 0 Å². The SMILES string of the molecule is Cl.Cl.c1ccc(N(c2ccccc2)c2ccccc2)cc1.c1ccc(N(c2ccccc2)c2ccccc2)cc1. The minimum absolute atomic E-state index is 0. The van der Waals surface area contributed by atoms with Gasteiger partial charge in [0.25, 0.3) is 0 Å². The van der Waals surface area contributed by atoms with Gasteiger partial charge in [0.2, 0.25) is 0 Å². The number of anilines is 6. The lowest BCUT2D eigenvalue weighted by atomic mass is 10.2. The molecular formula is C36H32Cl2N2. The second-order valence-corrected chi connectivity index (χ2v) is 8.68. The molecule has 0 atom stereocenters. The molecule has 6 aromatic rings. The lowest BCUT2D eigenvalue weighted by molar-refractivity contribution is 1.28. The zero-order chi connectivity index (χ0) is 25.8. The van der Waals surface area contributed by atoms with E-state index in [1.807, 2.05) is 36.4 Å². The van der Waals surface area contributed by atoms with Gasteiger partial charge in [0.05, 0.1) is 0 Å². The van der Waals surface area contributed by atoms with E-state index in [-0.39, 0.29) is 24.8 Å². The van der Waals surface area contributed by atoms with Crippen molar-refractivity contribution in [2.75, 3.05) is 9.80 Å². The summed E-state index contributed by atoms with van der Waals surface area (Å²) in [6, 6.07) is 62.5. The van der Waals surface area contributed by atoms with Crippen molar-refractivity contribution in [1.82, 2.24) is 0 Å². The van der Waals surface area contributed by atoms with Crippen LogP contribution in [0.3, 0.4) is 0 Å². The molecule has 0 spiro atoms. The molecule has 0 saturated carbocycles. The lowest BCUT2D eigenvalue weighted by Crippen LogP contribution is -2.09. The number of benzene rings is 6. The fourth-order valence-corrected chi connectivity index (χ4v) is 4.36. The molecule has 0 unspecified atom stereocenters. The number of nitrogens with zero attached hydrogens (tertiary/aromatic N) is 2. The van der Waals surface area contributed by atoms with Crippen LogP contribution in [0.5, 0.6) is 0 Å². The van der Waals surface area contributed by atoms with E-state index in [0.29, 0.717) is 0 Å². The van der Waals surface area contributed by atoms with Gasteiger partial charge in [-0.05, 0) is 72.8 Å². The van der Waals surface area contributed by atoms with E-state index in [9.17, 15) is 0 Å². The number of hydrogen-bond donors (Lipinski definition) is 0. The highest BCUT2D eigenvalue weighted by molar-refractivity contribution is 5.85. The molecule has 0 fully saturated rings. The molecule has 40 heavy (non-hydrogen) atoms. The molecule has 4 heteroatoms. The second kappa shape index (κ2) is 15.8. The Balaban J connectivity index is 0.000000210. The van der Waals surface area contributed by atoms with E-state index < -0.39 is 0 Å². The Bertz CT molecular complexity index is 1180. The van der Waals surface area contributed by atoms with Gasteiger partial charge in [0.1, 0.15) is 0 Å². The third kappa shape index (κ3) is 7.77. The van der Waals surface area contributed by atoms with Gasteiger partial charge in [0.15, 0.2) is 0 Å². The molecular weight excluding hydrogens is 531 g/mol. The maximum Gasteiger partial charge on any atom is 0.0461 e. The molecule has 0 aliphatic heterocycles. The molecule has 2 nitrogen and oxygen atoms in total. The largest absolute Gasteiger partial charge is 0.311 e. The summed E-state index contributed by atoms with van der Waals surface area (Å²) in [5, 5.41) is 0. The smallest absolute Gasteiger partial charge is 0.0461 e. The van der Waals surface area contributed by atoms with Crippen molar-refractivity contribution in [3.8, 4) is 0 Å². The van der Waals surface area contributed by atoms with E-state index >= 15 is 0 Å². The van der Waals surface area contributed by atoms with Crippen LogP contribution in [0.25, 0.3) is 0 Å². The van der Waals surface area contributed by atoms with Crippen molar-refractivity contribution in [2.45, 2.75) is 0 Å². The average molecular weight is 564 g/mol. The molecule has 200 valence electrons. The topological polar surface area (TPSA) is 6.48 Å². The fraction of sp³-hybridized carbons (Fsp3) is 0. The zero-order valence-electron chi connectivity index (χ0n) is 22.0. The number of rotatable bonds is 6. The summed E-state index contributed by atoms with van der Waals surface area (Å²) in [4.78, 5) is 4.50. The molecule has 0 radical (unpaired) electrons. The van der Waals surface area contributed by atoms with Gasteiger partial charge < -0.3 is 9.80 Å². The van der Waals surface area contributed by atoms with E-state index in [2.05, 4.69) is 155 Å². The quantitative estimate of drug-likeness (QED) is 0.199. The van der Waals surface area contributed by atoms with Crippen molar-refractivity contribution >= 4 is 58.9 Å². The zero-order valence-corrected chi connectivity index (χ0v) is 23.7. The van der Waals surface area contributed by atoms with Crippen molar-refractivity contribution in [1.29, 1.82) is 0 Å². The van der Waals surface area contributed by atoms with Crippen molar-refractivity contribution in [2.24, 2.45) is 0 Å². The van der Waals surface area contributed by atoms with Gasteiger partial charge >= 0.3 is 0 Å². The Morgan fingerprint density at radius 3 is 0.450 bits per heavy atom. The molecule has 0 amide bonds. The van der Waals surface area contributed by atoms with Crippen LogP contribution >= 0.6 is 24.8 Å². The normalized spacial score (nSPS) is 9.60. The van der Waals surface area contributed by atoms with Gasteiger partial charge in [-0.2, -0.15) is 0 Å². The lowest BCUT2D eigenvalue weighted by Gasteiger charge is -2.25. The second-order valence-electron chi connectivity index (χ2n) is 8.68. The van der Waals surface area contributed by atoms with Gasteiger partial charge in [0, 0.05) is 34.1 Å². The molecule has 0 bridgehead atoms. The highest BCUT2D eigenvalue weighted by atomic mass is 35.5. The maximum absolute atomic E-state index is 2.25. The molecule has 6 rings (SSSR count). The van der Waals surface area contributed by atoms with Crippen molar-refractivity contribution in [3.63, 3.8) is 0 Å². The first kappa shape index (κ1) is 30.0. The summed E-state index contributed by atoms with van der Waals surface area (Å²) >= 11 is 0. The number of halogens is 2. The number of hydrogen-bond acceptors (Lipinski definition) is 2. The van der Waals surface area contributed by atoms with Crippen LogP contribution in [0.15, 0.2) is 182 Å². The summed E-state index contributed by atoms with van der Waals surface area (Å²) in [5.74, 6) is 0. The summed E-state index contributed by atoms with van der Waals surface area (Å²) in [5.41, 5.74) is 7.00.